The molecule has 0 spiro atoms. The third kappa shape index (κ3) is 10.1. The zero-order valence-corrected chi connectivity index (χ0v) is 29.4. The minimum Gasteiger partial charge on any atom is -0.481 e. The Balaban J connectivity index is 1.41. The van der Waals surface area contributed by atoms with Gasteiger partial charge in [-0.05, 0) is 85.8 Å². The molecule has 0 radical (unpaired) electrons. The Labute approximate surface area is 272 Å². The van der Waals surface area contributed by atoms with E-state index in [1.54, 1.807) is 0 Å². The van der Waals surface area contributed by atoms with Gasteiger partial charge in [0.25, 0.3) is 0 Å². The van der Waals surface area contributed by atoms with Gasteiger partial charge >= 0.3 is 11.9 Å². The lowest BCUT2D eigenvalue weighted by Gasteiger charge is -2.41. The molecular weight excluding hydrogens is 577 g/mol. The lowest BCUT2D eigenvalue weighted by Crippen LogP contribution is -2.45. The van der Waals surface area contributed by atoms with Gasteiger partial charge in [-0.1, -0.05) is 107 Å². The monoisotopic (exact) mass is 632 g/mol. The third-order valence-electron chi connectivity index (χ3n) is 10.6. The predicted octanol–water partition coefficient (Wildman–Crippen LogP) is 10.6. The van der Waals surface area contributed by atoms with Gasteiger partial charge in [0.1, 0.15) is 6.10 Å². The maximum absolute atomic E-state index is 13.4. The molecule has 246 valence electrons. The summed E-state index contributed by atoms with van der Waals surface area (Å²) in [5, 5.41) is 9.18. The summed E-state index contributed by atoms with van der Waals surface area (Å²) in [6, 6.07) is 17.9. The van der Waals surface area contributed by atoms with Crippen LogP contribution in [0.4, 0.5) is 0 Å². The number of carboxylic acid groups (broad SMARTS) is 1. The summed E-state index contributed by atoms with van der Waals surface area (Å²) >= 11 is 0. The Morgan fingerprint density at radius 2 is 1.56 bits per heavy atom. The number of unbranched alkanes of at least 4 members (excludes halogenated alkanes) is 3. The Morgan fingerprint density at radius 3 is 2.20 bits per heavy atom. The largest absolute Gasteiger partial charge is 0.481 e. The van der Waals surface area contributed by atoms with E-state index in [1.807, 2.05) is 42.5 Å². The number of carboxylic acids is 1. The molecule has 2 aliphatic carbocycles. The average Bonchev–Trinajstić information content (AvgIpc) is 3.67. The molecule has 4 rings (SSSR count). The van der Waals surface area contributed by atoms with Crippen LogP contribution in [0.25, 0.3) is 11.1 Å². The van der Waals surface area contributed by atoms with Crippen molar-refractivity contribution >= 4 is 20.3 Å². The first-order valence-corrected chi connectivity index (χ1v) is 20.3. The lowest BCUT2D eigenvalue weighted by molar-refractivity contribution is -0.137. The van der Waals surface area contributed by atoms with Gasteiger partial charge in [-0.2, -0.15) is 0 Å². The van der Waals surface area contributed by atoms with E-state index in [4.69, 9.17) is 14.3 Å². The quantitative estimate of drug-likeness (QED) is 0.0863. The van der Waals surface area contributed by atoms with Gasteiger partial charge in [-0.3, -0.25) is 4.79 Å². The number of carbonyl (C=O) groups excluding carboxylic acids is 1. The van der Waals surface area contributed by atoms with Gasteiger partial charge in [0.2, 0.25) is 0 Å². The fourth-order valence-corrected chi connectivity index (χ4v) is 8.24. The fraction of sp³-hybridized carbons (Fsp3) is 0.590. The molecule has 0 heterocycles. The molecule has 0 bridgehead atoms. The molecule has 0 saturated heterocycles. The fourth-order valence-electron chi connectivity index (χ4n) is 6.82. The Morgan fingerprint density at radius 1 is 0.911 bits per heavy atom. The Kier molecular flexibility index (Phi) is 12.7. The van der Waals surface area contributed by atoms with Gasteiger partial charge in [-0.25, -0.2) is 4.79 Å². The summed E-state index contributed by atoms with van der Waals surface area (Å²) in [6.45, 7) is 11.7. The van der Waals surface area contributed by atoms with Crippen LogP contribution >= 0.6 is 0 Å². The van der Waals surface area contributed by atoms with Crippen molar-refractivity contribution in [2.45, 2.75) is 135 Å². The van der Waals surface area contributed by atoms with Crippen LogP contribution in [0, 0.1) is 11.8 Å². The van der Waals surface area contributed by atoms with E-state index in [-0.39, 0.29) is 35.6 Å². The van der Waals surface area contributed by atoms with Gasteiger partial charge in [0.05, 0.1) is 5.56 Å². The number of aliphatic carboxylic acids is 1. The van der Waals surface area contributed by atoms with Crippen LogP contribution in [0.2, 0.25) is 18.1 Å². The van der Waals surface area contributed by atoms with Gasteiger partial charge in [0, 0.05) is 24.9 Å². The van der Waals surface area contributed by atoms with E-state index in [9.17, 15) is 9.59 Å². The Hall–Kier alpha value is -2.70. The van der Waals surface area contributed by atoms with E-state index in [2.05, 4.69) is 52.1 Å². The molecule has 1 saturated carbocycles. The normalized spacial score (nSPS) is 19.8. The zero-order valence-electron chi connectivity index (χ0n) is 28.4. The molecule has 1 fully saturated rings. The predicted molar refractivity (Wildman–Crippen MR) is 186 cm³/mol. The van der Waals surface area contributed by atoms with Crippen molar-refractivity contribution in [2.24, 2.45) is 11.8 Å². The van der Waals surface area contributed by atoms with Crippen LogP contribution in [0.5, 0.6) is 0 Å². The molecule has 0 aliphatic heterocycles. The summed E-state index contributed by atoms with van der Waals surface area (Å²) in [4.78, 5) is 24.3. The van der Waals surface area contributed by atoms with Crippen molar-refractivity contribution in [1.82, 2.24) is 0 Å². The number of benzene rings is 2. The number of ether oxygens (including phenoxy) is 1. The van der Waals surface area contributed by atoms with Crippen molar-refractivity contribution < 1.29 is 23.9 Å². The molecule has 2 aromatic carbocycles. The summed E-state index contributed by atoms with van der Waals surface area (Å²) < 4.78 is 13.3. The first kappa shape index (κ1) is 35.2. The minimum atomic E-state index is -1.90. The molecule has 6 heteroatoms. The van der Waals surface area contributed by atoms with E-state index < -0.39 is 14.3 Å². The molecule has 0 unspecified atom stereocenters. The highest BCUT2D eigenvalue weighted by Gasteiger charge is 2.41. The van der Waals surface area contributed by atoms with Crippen molar-refractivity contribution in [2.75, 3.05) is 0 Å². The number of hydrogen-bond donors (Lipinski definition) is 1. The average molecular weight is 633 g/mol. The molecule has 2 aliphatic rings. The molecule has 1 N–H and O–H groups in total. The van der Waals surface area contributed by atoms with Crippen LogP contribution in [0.15, 0.2) is 66.2 Å². The van der Waals surface area contributed by atoms with Crippen LogP contribution in [0.3, 0.4) is 0 Å². The number of rotatable bonds is 16. The maximum atomic E-state index is 13.4. The smallest absolute Gasteiger partial charge is 0.338 e. The molecule has 0 amide bonds. The zero-order chi connectivity index (χ0) is 32.5. The summed E-state index contributed by atoms with van der Waals surface area (Å²) in [5.74, 6) is -0.141. The van der Waals surface area contributed by atoms with E-state index in [0.717, 1.165) is 56.1 Å². The molecule has 2 aromatic rings. The lowest BCUT2D eigenvalue weighted by atomic mass is 9.87. The second-order valence-electron chi connectivity index (χ2n) is 14.9. The van der Waals surface area contributed by atoms with Crippen molar-refractivity contribution in [3.63, 3.8) is 0 Å². The van der Waals surface area contributed by atoms with Crippen molar-refractivity contribution in [1.29, 1.82) is 0 Å². The molecular formula is C39H56O5Si. The first-order chi connectivity index (χ1) is 21.4. The highest BCUT2D eigenvalue weighted by atomic mass is 28.4. The second kappa shape index (κ2) is 16.2. The standard InChI is InChI=1S/C39H56O5Si/c1-39(2,3)45(4,5)44-35(32-17-13-14-18-32)27-25-31-26-28-36(34(31)19-11-6-7-12-20-37(40)41)43-38(42)33-23-21-30(22-24-33)29-15-9-8-10-16-29/h8-10,15-16,21-24,26,32,34-36H,6-7,11-14,17-20,25,27-28H2,1-5H3,(H,40,41)/t34-,35+,36+/m1/s1. The van der Waals surface area contributed by atoms with Gasteiger partial charge in [0.15, 0.2) is 8.32 Å². The maximum Gasteiger partial charge on any atom is 0.338 e. The summed E-state index contributed by atoms with van der Waals surface area (Å²) in [7, 11) is -1.90. The SMILES string of the molecule is CC(C)(C)[Si](C)(C)O[C@@H](CCC1=CC[C@H](OC(=O)c2ccc(-c3ccccc3)cc2)[C@@H]1CCCCCCC(=O)O)C1CCCC1. The minimum absolute atomic E-state index is 0.161. The van der Waals surface area contributed by atoms with Crippen LogP contribution in [-0.2, 0) is 14.0 Å². The summed E-state index contributed by atoms with van der Waals surface area (Å²) in [5.41, 5.74) is 4.20. The van der Waals surface area contributed by atoms with Crippen molar-refractivity contribution in [3.05, 3.63) is 71.8 Å². The van der Waals surface area contributed by atoms with Gasteiger partial charge in [-0.15, -0.1) is 0 Å². The summed E-state index contributed by atoms with van der Waals surface area (Å²) in [6.07, 6.45) is 15.2. The molecule has 0 aromatic heterocycles. The molecule has 45 heavy (non-hydrogen) atoms. The number of hydrogen-bond acceptors (Lipinski definition) is 4. The first-order valence-electron chi connectivity index (χ1n) is 17.4. The molecule has 3 atom stereocenters. The Bertz CT molecular complexity index is 1250. The van der Waals surface area contributed by atoms with Crippen LogP contribution in [0.1, 0.15) is 115 Å². The van der Waals surface area contributed by atoms with E-state index in [0.29, 0.717) is 17.9 Å². The highest BCUT2D eigenvalue weighted by molar-refractivity contribution is 6.74. The topological polar surface area (TPSA) is 72.8 Å². The number of carbonyl (C=O) groups is 2. The third-order valence-corrected chi connectivity index (χ3v) is 15.1. The molecule has 5 nitrogen and oxygen atoms in total. The highest BCUT2D eigenvalue weighted by Crippen LogP contribution is 2.43. The van der Waals surface area contributed by atoms with E-state index >= 15 is 0 Å². The van der Waals surface area contributed by atoms with Crippen LogP contribution in [-0.4, -0.2) is 37.6 Å². The van der Waals surface area contributed by atoms with Crippen LogP contribution < -0.4 is 0 Å². The van der Waals surface area contributed by atoms with Gasteiger partial charge < -0.3 is 14.3 Å². The second-order valence-corrected chi connectivity index (χ2v) is 19.6. The van der Waals surface area contributed by atoms with Crippen molar-refractivity contribution in [3.8, 4) is 11.1 Å². The number of esters is 1. The van der Waals surface area contributed by atoms with E-state index in [1.165, 1.54) is 31.3 Å².